The Morgan fingerprint density at radius 3 is 2.76 bits per heavy atom. The summed E-state index contributed by atoms with van der Waals surface area (Å²) in [4.78, 5) is 4.65. The fraction of sp³-hybridized carbons (Fsp3) is 0.231. The summed E-state index contributed by atoms with van der Waals surface area (Å²) in [7, 11) is 0. The van der Waals surface area contributed by atoms with E-state index in [1.807, 2.05) is 24.4 Å². The summed E-state index contributed by atoms with van der Waals surface area (Å²) in [5.74, 6) is 0.0900. The Bertz CT molecular complexity index is 639. The third-order valence-corrected chi connectivity index (χ3v) is 3.81. The molecule has 0 aliphatic carbocycles. The summed E-state index contributed by atoms with van der Waals surface area (Å²) >= 11 is 7.32. The molecule has 0 saturated carbocycles. The molecule has 0 unspecified atom stereocenters. The molecule has 0 radical (unpaired) electrons. The number of hydrazone groups is 1. The normalized spacial score (nSPS) is 12.5. The maximum atomic E-state index is 12.5. The topological polar surface area (TPSA) is 37.3 Å². The maximum absolute atomic E-state index is 12.5. The molecule has 0 bridgehead atoms. The third-order valence-electron chi connectivity index (χ3n) is 2.61. The van der Waals surface area contributed by atoms with Crippen LogP contribution in [-0.4, -0.2) is 10.7 Å². The van der Waals surface area contributed by atoms with Crippen LogP contribution in [0.25, 0.3) is 0 Å². The summed E-state index contributed by atoms with van der Waals surface area (Å²) in [5, 5.41) is 5.95. The molecule has 0 spiro atoms. The SMILES string of the molecule is CC/C(=N\Nc1ncc(C(F)(F)F)cc1Cl)c1cccs1. The predicted molar refractivity (Wildman–Crippen MR) is 79.0 cm³/mol. The van der Waals surface area contributed by atoms with Crippen LogP contribution in [0.5, 0.6) is 0 Å². The van der Waals surface area contributed by atoms with E-state index in [0.29, 0.717) is 6.42 Å². The summed E-state index contributed by atoms with van der Waals surface area (Å²) < 4.78 is 37.5. The Hall–Kier alpha value is -1.60. The number of hydrogen-bond donors (Lipinski definition) is 1. The molecule has 2 aromatic rings. The van der Waals surface area contributed by atoms with Crippen molar-refractivity contribution in [1.82, 2.24) is 4.98 Å². The van der Waals surface area contributed by atoms with Crippen molar-refractivity contribution in [3.63, 3.8) is 0 Å². The van der Waals surface area contributed by atoms with Gasteiger partial charge in [0.15, 0.2) is 5.82 Å². The van der Waals surface area contributed by atoms with Crippen molar-refractivity contribution in [2.45, 2.75) is 19.5 Å². The van der Waals surface area contributed by atoms with Gasteiger partial charge in [0.05, 0.1) is 21.2 Å². The number of pyridine rings is 1. The Kier molecular flexibility index (Phi) is 4.84. The zero-order valence-electron chi connectivity index (χ0n) is 10.9. The van der Waals surface area contributed by atoms with E-state index in [2.05, 4.69) is 15.5 Å². The van der Waals surface area contributed by atoms with E-state index >= 15 is 0 Å². The van der Waals surface area contributed by atoms with Gasteiger partial charge in [0.25, 0.3) is 0 Å². The second kappa shape index (κ2) is 6.44. The standard InChI is InChI=1S/C13H11ClF3N3S/c1-2-10(11-4-3-5-21-11)19-20-12-9(14)6-8(7-18-12)13(15,16)17/h3-7H,2H2,1H3,(H,18,20)/b19-10+. The van der Waals surface area contributed by atoms with Crippen molar-refractivity contribution in [3.8, 4) is 0 Å². The number of rotatable bonds is 4. The Morgan fingerprint density at radius 2 is 2.24 bits per heavy atom. The van der Waals surface area contributed by atoms with Crippen LogP contribution >= 0.6 is 22.9 Å². The largest absolute Gasteiger partial charge is 0.417 e. The number of anilines is 1. The fourth-order valence-corrected chi connectivity index (χ4v) is 2.54. The third kappa shape index (κ3) is 3.95. The van der Waals surface area contributed by atoms with Gasteiger partial charge in [0.1, 0.15) is 0 Å². The lowest BCUT2D eigenvalue weighted by atomic mass is 10.2. The van der Waals surface area contributed by atoms with E-state index < -0.39 is 11.7 Å². The highest BCUT2D eigenvalue weighted by atomic mass is 35.5. The number of nitrogens with zero attached hydrogens (tertiary/aromatic N) is 2. The van der Waals surface area contributed by atoms with Gasteiger partial charge >= 0.3 is 6.18 Å². The molecule has 0 amide bonds. The Labute approximate surface area is 128 Å². The van der Waals surface area contributed by atoms with Gasteiger partial charge in [-0.1, -0.05) is 24.6 Å². The highest BCUT2D eigenvalue weighted by Gasteiger charge is 2.31. The molecule has 0 aromatic carbocycles. The van der Waals surface area contributed by atoms with Gasteiger partial charge in [-0.05, 0) is 23.9 Å². The molecule has 3 nitrogen and oxygen atoms in total. The average Bonchev–Trinajstić information content (AvgIpc) is 2.94. The molecule has 1 N–H and O–H groups in total. The van der Waals surface area contributed by atoms with Gasteiger partial charge in [0.2, 0.25) is 0 Å². The minimum atomic E-state index is -4.47. The molecule has 8 heteroatoms. The smallest absolute Gasteiger partial charge is 0.260 e. The van der Waals surface area contributed by atoms with Crippen LogP contribution in [-0.2, 0) is 6.18 Å². The first-order valence-corrected chi connectivity index (χ1v) is 7.26. The fourth-order valence-electron chi connectivity index (χ4n) is 1.55. The van der Waals surface area contributed by atoms with Crippen LogP contribution in [0.4, 0.5) is 19.0 Å². The van der Waals surface area contributed by atoms with E-state index in [-0.39, 0.29) is 10.8 Å². The summed E-state index contributed by atoms with van der Waals surface area (Å²) in [6, 6.07) is 4.63. The molecule has 0 aliphatic rings. The van der Waals surface area contributed by atoms with Gasteiger partial charge in [-0.3, -0.25) is 5.43 Å². The van der Waals surface area contributed by atoms with Crippen LogP contribution in [0.15, 0.2) is 34.9 Å². The summed E-state index contributed by atoms with van der Waals surface area (Å²) in [6.45, 7) is 1.93. The van der Waals surface area contributed by atoms with E-state index in [1.165, 1.54) is 11.3 Å². The zero-order valence-corrected chi connectivity index (χ0v) is 12.5. The van der Waals surface area contributed by atoms with Gasteiger partial charge in [-0.25, -0.2) is 4.98 Å². The van der Waals surface area contributed by atoms with Gasteiger partial charge in [-0.2, -0.15) is 18.3 Å². The van der Waals surface area contributed by atoms with Crippen molar-refractivity contribution in [2.24, 2.45) is 5.10 Å². The van der Waals surface area contributed by atoms with Crippen LogP contribution in [0.2, 0.25) is 5.02 Å². The average molecular weight is 334 g/mol. The Morgan fingerprint density at radius 1 is 1.48 bits per heavy atom. The molecular formula is C13H11ClF3N3S. The molecular weight excluding hydrogens is 323 g/mol. The first kappa shape index (κ1) is 15.8. The second-order valence-corrected chi connectivity index (χ2v) is 5.41. The van der Waals surface area contributed by atoms with E-state index in [9.17, 15) is 13.2 Å². The van der Waals surface area contributed by atoms with Crippen molar-refractivity contribution < 1.29 is 13.2 Å². The maximum Gasteiger partial charge on any atom is 0.417 e. The number of nitrogens with one attached hydrogen (secondary N) is 1. The van der Waals surface area contributed by atoms with Crippen molar-refractivity contribution in [1.29, 1.82) is 0 Å². The lowest BCUT2D eigenvalue weighted by Gasteiger charge is -2.09. The minimum absolute atomic E-state index is 0.0900. The highest BCUT2D eigenvalue weighted by Crippen LogP contribution is 2.32. The summed E-state index contributed by atoms with van der Waals surface area (Å²) in [5.41, 5.74) is 2.50. The van der Waals surface area contributed by atoms with Gasteiger partial charge in [-0.15, -0.1) is 11.3 Å². The second-order valence-electron chi connectivity index (χ2n) is 4.05. The molecule has 0 atom stereocenters. The molecule has 2 heterocycles. The lowest BCUT2D eigenvalue weighted by Crippen LogP contribution is -2.07. The molecule has 2 rings (SSSR count). The monoisotopic (exact) mass is 333 g/mol. The van der Waals surface area contributed by atoms with E-state index in [4.69, 9.17) is 11.6 Å². The first-order chi connectivity index (χ1) is 9.91. The lowest BCUT2D eigenvalue weighted by molar-refractivity contribution is -0.137. The van der Waals surface area contributed by atoms with Crippen LogP contribution in [0.3, 0.4) is 0 Å². The van der Waals surface area contributed by atoms with Gasteiger partial charge < -0.3 is 0 Å². The first-order valence-electron chi connectivity index (χ1n) is 6.01. The van der Waals surface area contributed by atoms with E-state index in [0.717, 1.165) is 22.9 Å². The number of alkyl halides is 3. The number of thiophene rings is 1. The quantitative estimate of drug-likeness (QED) is 0.628. The molecule has 0 aliphatic heterocycles. The Balaban J connectivity index is 2.20. The van der Waals surface area contributed by atoms with E-state index in [1.54, 1.807) is 0 Å². The molecule has 2 aromatic heterocycles. The predicted octanol–water partition coefficient (Wildman–Crippen LogP) is 5.04. The van der Waals surface area contributed by atoms with Gasteiger partial charge in [0, 0.05) is 6.20 Å². The van der Waals surface area contributed by atoms with Crippen molar-refractivity contribution in [3.05, 3.63) is 45.2 Å². The number of aromatic nitrogens is 1. The molecule has 112 valence electrons. The molecule has 0 saturated heterocycles. The van der Waals surface area contributed by atoms with Crippen molar-refractivity contribution >= 4 is 34.5 Å². The van der Waals surface area contributed by atoms with Crippen LogP contribution < -0.4 is 5.43 Å². The highest BCUT2D eigenvalue weighted by molar-refractivity contribution is 7.12. The minimum Gasteiger partial charge on any atom is -0.260 e. The molecule has 21 heavy (non-hydrogen) atoms. The van der Waals surface area contributed by atoms with Crippen molar-refractivity contribution in [2.75, 3.05) is 5.43 Å². The van der Waals surface area contributed by atoms with Crippen LogP contribution in [0, 0.1) is 0 Å². The number of halogens is 4. The molecule has 0 fully saturated rings. The zero-order chi connectivity index (χ0) is 15.5. The summed E-state index contributed by atoms with van der Waals surface area (Å²) in [6.07, 6.45) is -3.07. The van der Waals surface area contributed by atoms with Crippen LogP contribution in [0.1, 0.15) is 23.8 Å². The number of hydrogen-bond acceptors (Lipinski definition) is 4.